The van der Waals surface area contributed by atoms with Crippen LogP contribution in [0.5, 0.6) is 0 Å². The van der Waals surface area contributed by atoms with Gasteiger partial charge in [0.05, 0.1) is 25.6 Å². The summed E-state index contributed by atoms with van der Waals surface area (Å²) in [4.78, 5) is 45.7. The smallest absolute Gasteiger partial charge is 0.320 e. The first-order valence-electron chi connectivity index (χ1n) is 14.3. The minimum atomic E-state index is -0.929. The van der Waals surface area contributed by atoms with E-state index >= 15 is 0 Å². The fourth-order valence-electron chi connectivity index (χ4n) is 5.67. The topological polar surface area (TPSA) is 137 Å². The molecule has 4 aromatic rings. The van der Waals surface area contributed by atoms with Crippen molar-refractivity contribution in [1.29, 1.82) is 0 Å². The molecule has 2 fully saturated rings. The van der Waals surface area contributed by atoms with Crippen molar-refractivity contribution in [1.82, 2.24) is 14.8 Å². The number of hydrogen-bond donors (Lipinski definition) is 3. The van der Waals surface area contributed by atoms with Crippen LogP contribution in [0, 0.1) is 12.8 Å². The molecule has 2 saturated heterocycles. The number of aryl methyl sites for hydroxylation is 1. The maximum Gasteiger partial charge on any atom is 0.320 e. The molecule has 0 radical (unpaired) electrons. The van der Waals surface area contributed by atoms with Gasteiger partial charge >= 0.3 is 12.0 Å². The Morgan fingerprint density at radius 1 is 0.977 bits per heavy atom. The highest BCUT2D eigenvalue weighted by Gasteiger charge is 2.41. The number of morpholine rings is 1. The van der Waals surface area contributed by atoms with E-state index in [4.69, 9.17) is 9.15 Å². The number of oxazole rings is 1. The third-order valence-electron chi connectivity index (χ3n) is 8.02. The number of benzene rings is 3. The molecule has 3 heterocycles. The van der Waals surface area contributed by atoms with Crippen LogP contribution in [0.4, 0.5) is 22.2 Å². The number of hydrogen-bond acceptors (Lipinski definition) is 7. The minimum Gasteiger partial charge on any atom is -0.481 e. The van der Waals surface area contributed by atoms with E-state index in [-0.39, 0.29) is 30.8 Å². The zero-order valence-corrected chi connectivity index (χ0v) is 23.8. The molecule has 2 atom stereocenters. The molecule has 2 aliphatic heterocycles. The van der Waals surface area contributed by atoms with Crippen LogP contribution in [0.25, 0.3) is 11.1 Å². The lowest BCUT2D eigenvalue weighted by Crippen LogP contribution is -2.47. The number of aliphatic carboxylic acids is 1. The van der Waals surface area contributed by atoms with Gasteiger partial charge < -0.3 is 34.7 Å². The number of fused-ring (bicyclic) bond motifs is 1. The Labute approximate surface area is 248 Å². The van der Waals surface area contributed by atoms with E-state index in [1.54, 1.807) is 21.9 Å². The van der Waals surface area contributed by atoms with Gasteiger partial charge in [0.1, 0.15) is 5.52 Å². The van der Waals surface area contributed by atoms with Gasteiger partial charge in [0.2, 0.25) is 5.91 Å². The van der Waals surface area contributed by atoms with Crippen molar-refractivity contribution in [2.75, 3.05) is 50.0 Å². The largest absolute Gasteiger partial charge is 0.481 e. The molecular formula is C32H33N5O6. The zero-order valence-electron chi connectivity index (χ0n) is 23.8. The van der Waals surface area contributed by atoms with Crippen LogP contribution in [0.1, 0.15) is 22.6 Å². The van der Waals surface area contributed by atoms with Crippen LogP contribution in [-0.2, 0) is 20.7 Å². The third kappa shape index (κ3) is 6.31. The number of carbonyl (C=O) groups is 3. The molecule has 43 heavy (non-hydrogen) atoms. The van der Waals surface area contributed by atoms with Crippen molar-refractivity contribution >= 4 is 46.4 Å². The molecule has 2 unspecified atom stereocenters. The Balaban J connectivity index is 1.07. The molecule has 3 amide bonds. The second kappa shape index (κ2) is 12.1. The van der Waals surface area contributed by atoms with E-state index in [2.05, 4.69) is 15.6 Å². The Morgan fingerprint density at radius 2 is 1.74 bits per heavy atom. The number of rotatable bonds is 7. The van der Waals surface area contributed by atoms with Crippen LogP contribution < -0.4 is 10.6 Å². The first kappa shape index (κ1) is 28.2. The number of aromatic nitrogens is 1. The number of carbonyl (C=O) groups excluding carboxylic acids is 2. The first-order valence-corrected chi connectivity index (χ1v) is 14.3. The summed E-state index contributed by atoms with van der Waals surface area (Å²) in [6, 6.07) is 20.7. The lowest BCUT2D eigenvalue weighted by atomic mass is 9.89. The summed E-state index contributed by atoms with van der Waals surface area (Å²) in [5, 5.41) is 16.0. The van der Waals surface area contributed by atoms with Crippen LogP contribution in [0.15, 0.2) is 71.1 Å². The maximum atomic E-state index is 13.0. The summed E-state index contributed by atoms with van der Waals surface area (Å²) >= 11 is 0. The number of anilines is 3. The Morgan fingerprint density at radius 3 is 2.49 bits per heavy atom. The normalized spacial score (nSPS) is 18.5. The van der Waals surface area contributed by atoms with Crippen LogP contribution in [0.2, 0.25) is 0 Å². The molecule has 0 saturated carbocycles. The van der Waals surface area contributed by atoms with Crippen molar-refractivity contribution in [2.45, 2.75) is 19.3 Å². The second-order valence-corrected chi connectivity index (χ2v) is 10.9. The summed E-state index contributed by atoms with van der Waals surface area (Å²) in [5.41, 5.74) is 5.44. The maximum absolute atomic E-state index is 13.0. The number of carboxylic acid groups (broad SMARTS) is 1. The molecule has 2 aliphatic rings. The number of carboxylic acids is 1. The molecule has 222 valence electrons. The fraction of sp³-hybridized carbons (Fsp3) is 0.312. The van der Waals surface area contributed by atoms with E-state index in [0.29, 0.717) is 55.6 Å². The molecule has 3 N–H and O–H groups in total. The molecule has 1 aromatic heterocycles. The van der Waals surface area contributed by atoms with Gasteiger partial charge in [-0.05, 0) is 53.9 Å². The lowest BCUT2D eigenvalue weighted by Gasteiger charge is -2.31. The summed E-state index contributed by atoms with van der Waals surface area (Å²) in [7, 11) is 0. The average molecular weight is 584 g/mol. The molecule has 11 nitrogen and oxygen atoms in total. The predicted octanol–water partition coefficient (Wildman–Crippen LogP) is 4.61. The molecule has 3 aromatic carbocycles. The molecule has 6 rings (SSSR count). The number of likely N-dealkylation sites (tertiary alicyclic amines) is 1. The van der Waals surface area contributed by atoms with E-state index in [1.807, 2.05) is 61.5 Å². The van der Waals surface area contributed by atoms with Gasteiger partial charge in [-0.15, -0.1) is 0 Å². The van der Waals surface area contributed by atoms with Gasteiger partial charge in [0.25, 0.3) is 6.01 Å². The second-order valence-electron chi connectivity index (χ2n) is 10.9. The zero-order chi connectivity index (χ0) is 29.9. The molecule has 0 spiro atoms. The van der Waals surface area contributed by atoms with Crippen molar-refractivity contribution < 1.29 is 28.6 Å². The molecular weight excluding hydrogens is 550 g/mol. The number of urea groups is 1. The van der Waals surface area contributed by atoms with Crippen LogP contribution >= 0.6 is 0 Å². The van der Waals surface area contributed by atoms with Crippen molar-refractivity contribution in [3.8, 4) is 0 Å². The van der Waals surface area contributed by atoms with Gasteiger partial charge in [-0.2, -0.15) is 4.98 Å². The molecule has 0 aliphatic carbocycles. The lowest BCUT2D eigenvalue weighted by molar-refractivity contribution is -0.141. The number of nitrogens with zero attached hydrogens (tertiary/aromatic N) is 3. The molecule has 11 heteroatoms. The summed E-state index contributed by atoms with van der Waals surface area (Å²) in [6.07, 6.45) is 0.140. The standard InChI is InChI=1S/C32H33N5O6/c1-20-4-2-3-5-26(20)34-31-35-27-11-6-21(16-28(27)43-31)17-29(38)33-23-9-7-22(8-10-23)24-18-37(19-25(24)30(39)40)32(41)36-12-14-42-15-13-36/h2-11,16,24-25H,12-15,17-19H2,1H3,(H,33,38)(H,34,35)(H,39,40). The minimum absolute atomic E-state index is 0.140. The third-order valence-corrected chi connectivity index (χ3v) is 8.02. The average Bonchev–Trinajstić information content (AvgIpc) is 3.63. The summed E-state index contributed by atoms with van der Waals surface area (Å²) in [6.45, 7) is 4.47. The van der Waals surface area contributed by atoms with Gasteiger partial charge in [0.15, 0.2) is 5.58 Å². The Kier molecular flexibility index (Phi) is 7.97. The SMILES string of the molecule is Cc1ccccc1Nc1nc2ccc(CC(=O)Nc3ccc(C4CN(C(=O)N5CCOCC5)CC4C(=O)O)cc3)cc2o1. The number of nitrogens with one attached hydrogen (secondary N) is 2. The van der Waals surface area contributed by atoms with Gasteiger partial charge in [-0.25, -0.2) is 4.79 Å². The summed E-state index contributed by atoms with van der Waals surface area (Å²) in [5.74, 6) is -2.17. The first-order chi connectivity index (χ1) is 20.8. The Bertz CT molecular complexity index is 1650. The highest BCUT2D eigenvalue weighted by Crippen LogP contribution is 2.34. The predicted molar refractivity (Wildman–Crippen MR) is 160 cm³/mol. The monoisotopic (exact) mass is 583 g/mol. The van der Waals surface area contributed by atoms with E-state index in [1.165, 1.54) is 0 Å². The summed E-state index contributed by atoms with van der Waals surface area (Å²) < 4.78 is 11.2. The fourth-order valence-corrected chi connectivity index (χ4v) is 5.67. The van der Waals surface area contributed by atoms with Crippen molar-refractivity contribution in [3.63, 3.8) is 0 Å². The Hall–Kier alpha value is -4.90. The van der Waals surface area contributed by atoms with Crippen LogP contribution in [-0.4, -0.2) is 77.2 Å². The highest BCUT2D eigenvalue weighted by molar-refractivity contribution is 5.93. The van der Waals surface area contributed by atoms with Crippen LogP contribution in [0.3, 0.4) is 0 Å². The number of ether oxygens (including phenoxy) is 1. The number of para-hydroxylation sites is 1. The van der Waals surface area contributed by atoms with E-state index in [9.17, 15) is 19.5 Å². The van der Waals surface area contributed by atoms with Crippen molar-refractivity contribution in [2.24, 2.45) is 5.92 Å². The van der Waals surface area contributed by atoms with E-state index in [0.717, 1.165) is 22.4 Å². The van der Waals surface area contributed by atoms with Gasteiger partial charge in [-0.1, -0.05) is 36.4 Å². The van der Waals surface area contributed by atoms with Gasteiger partial charge in [-0.3, -0.25) is 9.59 Å². The number of amides is 3. The molecule has 0 bridgehead atoms. The van der Waals surface area contributed by atoms with E-state index < -0.39 is 11.9 Å². The quantitative estimate of drug-likeness (QED) is 0.287. The van der Waals surface area contributed by atoms with Crippen molar-refractivity contribution in [3.05, 3.63) is 83.4 Å². The highest BCUT2D eigenvalue weighted by atomic mass is 16.5. The van der Waals surface area contributed by atoms with Gasteiger partial charge in [0, 0.05) is 43.5 Å².